The van der Waals surface area contributed by atoms with Gasteiger partial charge in [-0.3, -0.25) is 9.59 Å². The Balaban J connectivity index is 1.42. The number of aromatic nitrogens is 2. The average Bonchev–Trinajstić information content (AvgIpc) is 3.42. The Labute approximate surface area is 278 Å². The van der Waals surface area contributed by atoms with Gasteiger partial charge in [0.15, 0.2) is 0 Å². The average molecular weight is 631 g/mol. The van der Waals surface area contributed by atoms with Gasteiger partial charge in [0.2, 0.25) is 5.78 Å². The fourth-order valence-electron chi connectivity index (χ4n) is 5.98. The maximum Gasteiger partial charge on any atom is 0.305 e. The highest BCUT2D eigenvalue weighted by Crippen LogP contribution is 2.31. The van der Waals surface area contributed by atoms with Crippen LogP contribution in [0.15, 0.2) is 97.2 Å². The molecule has 0 atom stereocenters. The third-order valence-corrected chi connectivity index (χ3v) is 8.13. The summed E-state index contributed by atoms with van der Waals surface area (Å²) < 4.78 is 13.7. The summed E-state index contributed by atoms with van der Waals surface area (Å²) >= 11 is 0. The number of aryl methyl sites for hydroxylation is 1. The zero-order valence-corrected chi connectivity index (χ0v) is 28.2. The summed E-state index contributed by atoms with van der Waals surface area (Å²) in [5.41, 5.74) is 6.33. The normalized spacial score (nSPS) is 11.5. The molecule has 0 fully saturated rings. The zero-order chi connectivity index (χ0) is 33.3. The highest BCUT2D eigenvalue weighted by molar-refractivity contribution is 6.12. The molecule has 0 spiro atoms. The maximum atomic E-state index is 14.0. The van der Waals surface area contributed by atoms with Crippen LogP contribution in [0.1, 0.15) is 97.7 Å². The number of rotatable bonds is 15. The van der Waals surface area contributed by atoms with Crippen LogP contribution >= 0.6 is 0 Å². The van der Waals surface area contributed by atoms with E-state index in [4.69, 9.17) is 14.5 Å². The smallest absolute Gasteiger partial charge is 0.305 e. The van der Waals surface area contributed by atoms with E-state index < -0.39 is 0 Å². The Morgan fingerprint density at radius 1 is 0.787 bits per heavy atom. The van der Waals surface area contributed by atoms with Gasteiger partial charge >= 0.3 is 5.97 Å². The second-order valence-corrected chi connectivity index (χ2v) is 13.0. The SMILES string of the molecule is CCOC(=O)CCCc1nc(C(=O)c2cccc(OC(c3ccc(CC(C)C)cc3)c3ccc(CC(C)C)cc3)c2)c2ccccn12. The van der Waals surface area contributed by atoms with Crippen LogP contribution in [0.3, 0.4) is 0 Å². The molecule has 0 aliphatic heterocycles. The molecule has 0 aliphatic carbocycles. The molecule has 244 valence electrons. The van der Waals surface area contributed by atoms with Gasteiger partial charge < -0.3 is 13.9 Å². The van der Waals surface area contributed by atoms with Crippen molar-refractivity contribution in [2.75, 3.05) is 6.61 Å². The summed E-state index contributed by atoms with van der Waals surface area (Å²) in [5, 5.41) is 0. The van der Waals surface area contributed by atoms with Crippen LogP contribution in [-0.4, -0.2) is 27.7 Å². The standard InChI is InChI=1S/C41H46N2O4/c1-6-46-38(44)15-10-14-37-42-39(36-13-7-8-24-43(36)37)40(45)34-11-9-12-35(27-34)47-41(32-20-16-30(17-21-32)25-28(2)3)33-22-18-31(19-23-33)26-29(4)5/h7-9,11-13,16-24,27-29,41H,6,10,14-15,25-26H2,1-5H3. The van der Waals surface area contributed by atoms with E-state index in [-0.39, 0.29) is 17.9 Å². The van der Waals surface area contributed by atoms with Crippen molar-refractivity contribution in [3.05, 3.63) is 137 Å². The zero-order valence-electron chi connectivity index (χ0n) is 28.2. The van der Waals surface area contributed by atoms with Gasteiger partial charge in [0.05, 0.1) is 12.1 Å². The van der Waals surface area contributed by atoms with E-state index >= 15 is 0 Å². The Morgan fingerprint density at radius 2 is 1.43 bits per heavy atom. The van der Waals surface area contributed by atoms with Gasteiger partial charge in [-0.2, -0.15) is 0 Å². The first-order chi connectivity index (χ1) is 22.7. The number of benzene rings is 3. The first-order valence-electron chi connectivity index (χ1n) is 16.8. The van der Waals surface area contributed by atoms with Crippen molar-refractivity contribution in [3.8, 4) is 5.75 Å². The van der Waals surface area contributed by atoms with Gasteiger partial charge in [0.25, 0.3) is 0 Å². The van der Waals surface area contributed by atoms with Crippen molar-refractivity contribution in [2.45, 2.75) is 72.8 Å². The number of hydrogen-bond donors (Lipinski definition) is 0. The number of imidazole rings is 1. The van der Waals surface area contributed by atoms with Crippen LogP contribution in [0.4, 0.5) is 0 Å². The summed E-state index contributed by atoms with van der Waals surface area (Å²) in [6, 6.07) is 30.4. The molecule has 0 unspecified atom stereocenters. The van der Waals surface area contributed by atoms with Crippen molar-refractivity contribution in [3.63, 3.8) is 0 Å². The number of nitrogens with zero attached hydrogens (tertiary/aromatic N) is 2. The number of esters is 1. The van der Waals surface area contributed by atoms with Crippen LogP contribution < -0.4 is 4.74 Å². The number of pyridine rings is 1. The largest absolute Gasteiger partial charge is 0.481 e. The summed E-state index contributed by atoms with van der Waals surface area (Å²) in [5.74, 6) is 2.10. The molecule has 0 bridgehead atoms. The first-order valence-corrected chi connectivity index (χ1v) is 16.8. The quantitative estimate of drug-likeness (QED) is 0.0853. The highest BCUT2D eigenvalue weighted by atomic mass is 16.5. The molecule has 47 heavy (non-hydrogen) atoms. The molecule has 2 aromatic heterocycles. The molecule has 2 heterocycles. The predicted octanol–water partition coefficient (Wildman–Crippen LogP) is 9.02. The summed E-state index contributed by atoms with van der Waals surface area (Å²) in [4.78, 5) is 30.6. The van der Waals surface area contributed by atoms with Crippen LogP contribution in [0, 0.1) is 11.8 Å². The van der Waals surface area contributed by atoms with Crippen LogP contribution in [0.2, 0.25) is 0 Å². The van der Waals surface area contributed by atoms with Crippen molar-refractivity contribution < 1.29 is 19.1 Å². The van der Waals surface area contributed by atoms with Crippen LogP contribution in [0.5, 0.6) is 5.75 Å². The minimum Gasteiger partial charge on any atom is -0.481 e. The Kier molecular flexibility index (Phi) is 11.3. The van der Waals surface area contributed by atoms with Gasteiger partial charge in [-0.25, -0.2) is 4.98 Å². The number of carbonyl (C=O) groups is 2. The van der Waals surface area contributed by atoms with Gasteiger partial charge in [-0.1, -0.05) is 94.4 Å². The topological polar surface area (TPSA) is 69.9 Å². The number of hydrogen-bond acceptors (Lipinski definition) is 5. The minimum atomic E-state index is -0.346. The fraction of sp³-hybridized carbons (Fsp3) is 0.341. The molecule has 0 saturated heterocycles. The van der Waals surface area contributed by atoms with E-state index in [0.29, 0.717) is 54.7 Å². The molecule has 5 rings (SSSR count). The van der Waals surface area contributed by atoms with Crippen LogP contribution in [0.25, 0.3) is 5.52 Å². The van der Waals surface area contributed by atoms with Crippen LogP contribution in [-0.2, 0) is 28.8 Å². The lowest BCUT2D eigenvalue weighted by molar-refractivity contribution is -0.143. The maximum absolute atomic E-state index is 14.0. The highest BCUT2D eigenvalue weighted by Gasteiger charge is 2.21. The molecule has 3 aromatic carbocycles. The minimum absolute atomic E-state index is 0.177. The van der Waals surface area contributed by atoms with E-state index in [9.17, 15) is 9.59 Å². The number of ether oxygens (including phenoxy) is 2. The molecule has 6 heteroatoms. The summed E-state index contributed by atoms with van der Waals surface area (Å²) in [6.45, 7) is 11.1. The second kappa shape index (κ2) is 15.7. The lowest BCUT2D eigenvalue weighted by Gasteiger charge is -2.21. The molecular weight excluding hydrogens is 584 g/mol. The molecule has 6 nitrogen and oxygen atoms in total. The van der Waals surface area contributed by atoms with Crippen molar-refractivity contribution in [1.29, 1.82) is 0 Å². The monoisotopic (exact) mass is 630 g/mol. The molecule has 0 N–H and O–H groups in total. The third kappa shape index (κ3) is 8.76. The van der Waals surface area contributed by atoms with Crippen molar-refractivity contribution >= 4 is 17.3 Å². The summed E-state index contributed by atoms with van der Waals surface area (Å²) in [6.07, 6.45) is 5.05. The third-order valence-electron chi connectivity index (χ3n) is 8.13. The number of fused-ring (bicyclic) bond motifs is 1. The molecule has 0 radical (unpaired) electrons. The van der Waals surface area contributed by atoms with E-state index in [0.717, 1.165) is 35.3 Å². The molecular formula is C41H46N2O4. The van der Waals surface area contributed by atoms with Gasteiger partial charge in [0, 0.05) is 24.6 Å². The lowest BCUT2D eigenvalue weighted by atomic mass is 9.95. The summed E-state index contributed by atoms with van der Waals surface area (Å²) in [7, 11) is 0. The second-order valence-electron chi connectivity index (χ2n) is 13.0. The van der Waals surface area contributed by atoms with E-state index in [2.05, 4.69) is 76.2 Å². The van der Waals surface area contributed by atoms with E-state index in [1.54, 1.807) is 13.0 Å². The van der Waals surface area contributed by atoms with Gasteiger partial charge in [-0.05, 0) is 84.5 Å². The first kappa shape index (κ1) is 33.6. The van der Waals surface area contributed by atoms with Gasteiger partial charge in [0.1, 0.15) is 23.4 Å². The van der Waals surface area contributed by atoms with Gasteiger partial charge in [-0.15, -0.1) is 0 Å². The Bertz CT molecular complexity index is 1730. The van der Waals surface area contributed by atoms with E-state index in [1.807, 2.05) is 47.0 Å². The van der Waals surface area contributed by atoms with Crippen molar-refractivity contribution in [2.24, 2.45) is 11.8 Å². The molecule has 0 amide bonds. The lowest BCUT2D eigenvalue weighted by Crippen LogP contribution is -2.11. The number of ketones is 1. The molecule has 5 aromatic rings. The van der Waals surface area contributed by atoms with E-state index in [1.165, 1.54) is 11.1 Å². The Hall–Kier alpha value is -4.71. The Morgan fingerprint density at radius 3 is 2.02 bits per heavy atom. The van der Waals surface area contributed by atoms with Crippen molar-refractivity contribution in [1.82, 2.24) is 9.38 Å². The fourth-order valence-corrected chi connectivity index (χ4v) is 5.98. The predicted molar refractivity (Wildman–Crippen MR) is 187 cm³/mol. The molecule has 0 aliphatic rings. The molecule has 0 saturated carbocycles. The number of carbonyl (C=O) groups excluding carboxylic acids is 2.